The number of halogens is 1. The molecule has 2 aromatic rings. The minimum atomic E-state index is -0.112. The first kappa shape index (κ1) is 10.4. The second-order valence-corrected chi connectivity index (χ2v) is 5.58. The van der Waals surface area contributed by atoms with Crippen molar-refractivity contribution in [3.63, 3.8) is 0 Å². The van der Waals surface area contributed by atoms with Gasteiger partial charge in [-0.05, 0) is 40.4 Å². The van der Waals surface area contributed by atoms with Crippen LogP contribution in [0.4, 0.5) is 0 Å². The first-order valence-electron chi connectivity index (χ1n) is 5.76. The average molecular weight is 279 g/mol. The van der Waals surface area contributed by atoms with Crippen LogP contribution in [0.3, 0.4) is 0 Å². The standard InChI is InChI=1S/C13H15BrN2/c14-11-5-3-4-9-10(8-16-12(9)11)13(15)6-1-2-7-13/h3-5,8,16H,1-2,6-7,15H2. The molecule has 3 N–H and O–H groups in total. The molecule has 1 aromatic heterocycles. The number of hydrogen-bond donors (Lipinski definition) is 2. The quantitative estimate of drug-likeness (QED) is 0.821. The molecule has 0 bridgehead atoms. The third-order valence-electron chi connectivity index (χ3n) is 3.70. The van der Waals surface area contributed by atoms with Crippen molar-refractivity contribution in [2.45, 2.75) is 31.2 Å². The third-order valence-corrected chi connectivity index (χ3v) is 4.36. The summed E-state index contributed by atoms with van der Waals surface area (Å²) in [5.74, 6) is 0. The summed E-state index contributed by atoms with van der Waals surface area (Å²) in [6.07, 6.45) is 6.79. The van der Waals surface area contributed by atoms with E-state index in [-0.39, 0.29) is 5.54 Å². The summed E-state index contributed by atoms with van der Waals surface area (Å²) < 4.78 is 1.11. The van der Waals surface area contributed by atoms with Crippen molar-refractivity contribution in [1.29, 1.82) is 0 Å². The molecule has 0 radical (unpaired) electrons. The van der Waals surface area contributed by atoms with Crippen LogP contribution < -0.4 is 5.73 Å². The SMILES string of the molecule is NC1(c2c[nH]c3c(Br)cccc23)CCCC1. The number of aromatic amines is 1. The van der Waals surface area contributed by atoms with Gasteiger partial charge in [0, 0.05) is 21.6 Å². The van der Waals surface area contributed by atoms with Gasteiger partial charge in [-0.3, -0.25) is 0 Å². The molecule has 1 aliphatic rings. The molecule has 16 heavy (non-hydrogen) atoms. The van der Waals surface area contributed by atoms with Crippen LogP contribution in [0.2, 0.25) is 0 Å². The van der Waals surface area contributed by atoms with Crippen LogP contribution in [0.25, 0.3) is 10.9 Å². The Bertz CT molecular complexity index is 524. The van der Waals surface area contributed by atoms with Crippen molar-refractivity contribution < 1.29 is 0 Å². The molecule has 3 rings (SSSR count). The van der Waals surface area contributed by atoms with Gasteiger partial charge in [0.15, 0.2) is 0 Å². The van der Waals surface area contributed by atoms with Gasteiger partial charge in [0.25, 0.3) is 0 Å². The molecule has 1 aromatic carbocycles. The fraction of sp³-hybridized carbons (Fsp3) is 0.385. The maximum atomic E-state index is 6.51. The van der Waals surface area contributed by atoms with Gasteiger partial charge in [0.1, 0.15) is 0 Å². The van der Waals surface area contributed by atoms with Gasteiger partial charge in [0.2, 0.25) is 0 Å². The van der Waals surface area contributed by atoms with Gasteiger partial charge in [-0.1, -0.05) is 25.0 Å². The normalized spacial score (nSPS) is 19.4. The molecule has 1 saturated carbocycles. The zero-order valence-corrected chi connectivity index (χ0v) is 10.7. The highest BCUT2D eigenvalue weighted by atomic mass is 79.9. The maximum absolute atomic E-state index is 6.51. The Hall–Kier alpha value is -0.800. The van der Waals surface area contributed by atoms with Crippen molar-refractivity contribution in [1.82, 2.24) is 4.98 Å². The second kappa shape index (κ2) is 3.60. The van der Waals surface area contributed by atoms with E-state index >= 15 is 0 Å². The van der Waals surface area contributed by atoms with Gasteiger partial charge in [0.05, 0.1) is 5.52 Å². The molecule has 0 aliphatic heterocycles. The van der Waals surface area contributed by atoms with Crippen LogP contribution in [-0.4, -0.2) is 4.98 Å². The molecule has 0 unspecified atom stereocenters. The Balaban J connectivity index is 2.21. The van der Waals surface area contributed by atoms with Crippen LogP contribution >= 0.6 is 15.9 Å². The molecule has 2 nitrogen and oxygen atoms in total. The number of rotatable bonds is 1. The summed E-state index contributed by atoms with van der Waals surface area (Å²) >= 11 is 3.56. The third kappa shape index (κ3) is 1.42. The molecule has 1 fully saturated rings. The molecule has 0 amide bonds. The average Bonchev–Trinajstić information content (AvgIpc) is 2.85. The highest BCUT2D eigenvalue weighted by molar-refractivity contribution is 9.10. The Labute approximate surface area is 103 Å². The van der Waals surface area contributed by atoms with E-state index < -0.39 is 0 Å². The lowest BCUT2D eigenvalue weighted by Crippen LogP contribution is -2.32. The highest BCUT2D eigenvalue weighted by Crippen LogP contribution is 2.40. The van der Waals surface area contributed by atoms with E-state index in [2.05, 4.69) is 45.3 Å². The second-order valence-electron chi connectivity index (χ2n) is 4.73. The summed E-state index contributed by atoms with van der Waals surface area (Å²) in [5, 5.41) is 1.26. The number of H-pyrrole nitrogens is 1. The molecule has 3 heteroatoms. The molecule has 1 aliphatic carbocycles. The monoisotopic (exact) mass is 278 g/mol. The van der Waals surface area contributed by atoms with Gasteiger partial charge >= 0.3 is 0 Å². The van der Waals surface area contributed by atoms with E-state index in [1.807, 2.05) is 0 Å². The van der Waals surface area contributed by atoms with E-state index in [1.165, 1.54) is 23.8 Å². The summed E-state index contributed by atoms with van der Waals surface area (Å²) in [4.78, 5) is 3.33. The fourth-order valence-corrected chi connectivity index (χ4v) is 3.29. The topological polar surface area (TPSA) is 41.8 Å². The summed E-state index contributed by atoms with van der Waals surface area (Å²) in [7, 11) is 0. The lowest BCUT2D eigenvalue weighted by atomic mass is 9.89. The molecule has 0 atom stereocenters. The maximum Gasteiger partial charge on any atom is 0.0601 e. The Morgan fingerprint density at radius 2 is 2.00 bits per heavy atom. The van der Waals surface area contributed by atoms with Gasteiger partial charge in [-0.2, -0.15) is 0 Å². The van der Waals surface area contributed by atoms with Crippen molar-refractivity contribution in [2.24, 2.45) is 5.73 Å². The smallest absolute Gasteiger partial charge is 0.0601 e. The number of nitrogens with one attached hydrogen (secondary N) is 1. The lowest BCUT2D eigenvalue weighted by molar-refractivity contribution is 0.466. The number of nitrogens with two attached hydrogens (primary N) is 1. The molecule has 84 valence electrons. The number of fused-ring (bicyclic) bond motifs is 1. The van der Waals surface area contributed by atoms with Crippen LogP contribution in [0.5, 0.6) is 0 Å². The minimum absolute atomic E-state index is 0.112. The van der Waals surface area contributed by atoms with Crippen molar-refractivity contribution in [3.05, 3.63) is 34.4 Å². The summed E-state index contributed by atoms with van der Waals surface area (Å²) in [5.41, 5.74) is 8.83. The first-order valence-corrected chi connectivity index (χ1v) is 6.55. The predicted molar refractivity (Wildman–Crippen MR) is 70.3 cm³/mol. The van der Waals surface area contributed by atoms with Crippen molar-refractivity contribution >= 4 is 26.8 Å². The fourth-order valence-electron chi connectivity index (χ4n) is 2.80. The highest BCUT2D eigenvalue weighted by Gasteiger charge is 2.33. The summed E-state index contributed by atoms with van der Waals surface area (Å²) in [6.45, 7) is 0. The van der Waals surface area contributed by atoms with Gasteiger partial charge < -0.3 is 10.7 Å². The van der Waals surface area contributed by atoms with Crippen LogP contribution in [0, 0.1) is 0 Å². The molecular formula is C13H15BrN2. The molecular weight excluding hydrogens is 264 g/mol. The molecule has 0 saturated heterocycles. The summed E-state index contributed by atoms with van der Waals surface area (Å²) in [6, 6.07) is 6.28. The van der Waals surface area contributed by atoms with Crippen molar-refractivity contribution in [3.8, 4) is 0 Å². The first-order chi connectivity index (χ1) is 7.71. The van der Waals surface area contributed by atoms with Crippen LogP contribution in [-0.2, 0) is 5.54 Å². The Morgan fingerprint density at radius 3 is 2.75 bits per heavy atom. The van der Waals surface area contributed by atoms with E-state index in [0.717, 1.165) is 22.8 Å². The predicted octanol–water partition coefficient (Wildman–Crippen LogP) is 3.66. The molecule has 0 spiro atoms. The van der Waals surface area contributed by atoms with E-state index in [9.17, 15) is 0 Å². The Kier molecular flexibility index (Phi) is 2.33. The van der Waals surface area contributed by atoms with E-state index in [0.29, 0.717) is 0 Å². The Morgan fingerprint density at radius 1 is 1.25 bits per heavy atom. The number of benzene rings is 1. The van der Waals surface area contributed by atoms with E-state index in [1.54, 1.807) is 0 Å². The minimum Gasteiger partial charge on any atom is -0.360 e. The van der Waals surface area contributed by atoms with Crippen LogP contribution in [0.15, 0.2) is 28.9 Å². The number of para-hydroxylation sites is 1. The van der Waals surface area contributed by atoms with Crippen molar-refractivity contribution in [2.75, 3.05) is 0 Å². The van der Waals surface area contributed by atoms with Crippen LogP contribution in [0.1, 0.15) is 31.2 Å². The zero-order valence-electron chi connectivity index (χ0n) is 9.09. The zero-order chi connectivity index (χ0) is 11.2. The number of hydrogen-bond acceptors (Lipinski definition) is 1. The lowest BCUT2D eigenvalue weighted by Gasteiger charge is -2.23. The van der Waals surface area contributed by atoms with Gasteiger partial charge in [-0.15, -0.1) is 0 Å². The van der Waals surface area contributed by atoms with E-state index in [4.69, 9.17) is 5.73 Å². The molecule has 1 heterocycles. The largest absolute Gasteiger partial charge is 0.360 e. The van der Waals surface area contributed by atoms with Gasteiger partial charge in [-0.25, -0.2) is 0 Å². The number of aromatic nitrogens is 1.